The van der Waals surface area contributed by atoms with Crippen molar-refractivity contribution in [1.82, 2.24) is 4.98 Å². The molecule has 102 valence electrons. The van der Waals surface area contributed by atoms with Gasteiger partial charge in [-0.05, 0) is 36.8 Å². The molecule has 5 nitrogen and oxygen atoms in total. The number of halogens is 1. The summed E-state index contributed by atoms with van der Waals surface area (Å²) in [6, 6.07) is 11.0. The summed E-state index contributed by atoms with van der Waals surface area (Å²) in [5, 5.41) is 9.04. The zero-order chi connectivity index (χ0) is 14.8. The normalized spacial score (nSPS) is 10.8. The van der Waals surface area contributed by atoms with Gasteiger partial charge in [-0.2, -0.15) is 5.26 Å². The maximum Gasteiger partial charge on any atom is 0.263 e. The molecule has 7 heteroatoms. The number of sulfonamides is 1. The summed E-state index contributed by atoms with van der Waals surface area (Å²) < 4.78 is 26.9. The minimum atomic E-state index is -3.82. The summed E-state index contributed by atoms with van der Waals surface area (Å²) in [6.45, 7) is 1.65. The van der Waals surface area contributed by atoms with Crippen molar-refractivity contribution in [2.45, 2.75) is 11.8 Å². The first-order valence-corrected chi connectivity index (χ1v) is 7.44. The summed E-state index contributed by atoms with van der Waals surface area (Å²) in [7, 11) is -3.82. The van der Waals surface area contributed by atoms with E-state index < -0.39 is 10.0 Å². The van der Waals surface area contributed by atoms with Crippen LogP contribution in [0.15, 0.2) is 41.3 Å². The number of pyridine rings is 1. The first-order valence-electron chi connectivity index (χ1n) is 5.58. The minimum Gasteiger partial charge on any atom is -0.263 e. The zero-order valence-corrected chi connectivity index (χ0v) is 12.0. The van der Waals surface area contributed by atoms with E-state index in [2.05, 4.69) is 9.71 Å². The third-order valence-corrected chi connectivity index (χ3v) is 4.27. The van der Waals surface area contributed by atoms with E-state index in [1.165, 1.54) is 12.1 Å². The number of benzene rings is 1. The first kappa shape index (κ1) is 14.3. The lowest BCUT2D eigenvalue weighted by Crippen LogP contribution is -2.15. The molecule has 2 rings (SSSR count). The largest absolute Gasteiger partial charge is 0.263 e. The number of hydrogen-bond donors (Lipinski definition) is 1. The average Bonchev–Trinajstić information content (AvgIpc) is 2.38. The summed E-state index contributed by atoms with van der Waals surface area (Å²) in [5.41, 5.74) is 0.813. The number of aromatic nitrogens is 1. The van der Waals surface area contributed by atoms with Crippen LogP contribution in [0.1, 0.15) is 11.1 Å². The topological polar surface area (TPSA) is 82.8 Å². The van der Waals surface area contributed by atoms with E-state index in [4.69, 9.17) is 16.9 Å². The fourth-order valence-corrected chi connectivity index (χ4v) is 3.05. The number of aryl methyl sites for hydroxylation is 1. The molecule has 2 aromatic rings. The maximum absolute atomic E-state index is 12.3. The lowest BCUT2D eigenvalue weighted by molar-refractivity contribution is 0.600. The maximum atomic E-state index is 12.3. The van der Waals surface area contributed by atoms with E-state index >= 15 is 0 Å². The minimum absolute atomic E-state index is 0.0401. The van der Waals surface area contributed by atoms with Crippen LogP contribution in [0.5, 0.6) is 0 Å². The van der Waals surface area contributed by atoms with Crippen LogP contribution in [0, 0.1) is 18.3 Å². The predicted octanol–water partition coefficient (Wildman–Crippen LogP) is 2.72. The smallest absolute Gasteiger partial charge is 0.263 e. The Bertz CT molecular complexity index is 798. The molecular formula is C13H10ClN3O2S. The number of nitrogens with zero attached hydrogens (tertiary/aromatic N) is 2. The van der Waals surface area contributed by atoms with Crippen LogP contribution in [-0.4, -0.2) is 13.4 Å². The van der Waals surface area contributed by atoms with Crippen LogP contribution >= 0.6 is 11.6 Å². The van der Waals surface area contributed by atoms with Gasteiger partial charge in [0.15, 0.2) is 0 Å². The summed E-state index contributed by atoms with van der Waals surface area (Å²) in [6.07, 6.45) is 0. The second kappa shape index (κ2) is 5.49. The van der Waals surface area contributed by atoms with Crippen molar-refractivity contribution in [1.29, 1.82) is 5.26 Å². The van der Waals surface area contributed by atoms with Gasteiger partial charge in [-0.3, -0.25) is 4.72 Å². The van der Waals surface area contributed by atoms with Gasteiger partial charge in [-0.25, -0.2) is 13.4 Å². The van der Waals surface area contributed by atoms with Gasteiger partial charge in [0.05, 0.1) is 16.5 Å². The molecule has 0 unspecified atom stereocenters. The standard InChI is InChI=1S/C13H10ClN3O2S/c1-9-5-6-10(8-15)7-11(9)20(18,19)17-13-4-2-3-12(14)16-13/h2-7H,1H3,(H,16,17). The van der Waals surface area contributed by atoms with Gasteiger partial charge in [-0.1, -0.05) is 23.7 Å². The third kappa shape index (κ3) is 3.07. The van der Waals surface area contributed by atoms with Crippen LogP contribution < -0.4 is 4.72 Å². The third-order valence-electron chi connectivity index (χ3n) is 2.56. The summed E-state index contributed by atoms with van der Waals surface area (Å²) in [4.78, 5) is 3.91. The quantitative estimate of drug-likeness (QED) is 0.884. The molecule has 1 aromatic carbocycles. The molecule has 0 spiro atoms. The Labute approximate surface area is 121 Å². The van der Waals surface area contributed by atoms with Gasteiger partial charge in [0.2, 0.25) is 0 Å². The number of nitriles is 1. The molecule has 0 atom stereocenters. The van der Waals surface area contributed by atoms with E-state index in [1.54, 1.807) is 31.2 Å². The molecule has 0 aliphatic rings. The number of hydrogen-bond acceptors (Lipinski definition) is 4. The number of anilines is 1. The molecule has 0 saturated carbocycles. The number of nitrogens with one attached hydrogen (secondary N) is 1. The monoisotopic (exact) mass is 307 g/mol. The van der Waals surface area contributed by atoms with Gasteiger partial charge < -0.3 is 0 Å². The molecule has 0 fully saturated rings. The Morgan fingerprint density at radius 3 is 2.70 bits per heavy atom. The molecule has 0 bridgehead atoms. The highest BCUT2D eigenvalue weighted by molar-refractivity contribution is 7.92. The van der Waals surface area contributed by atoms with E-state index in [9.17, 15) is 8.42 Å². The van der Waals surface area contributed by atoms with Crippen molar-refractivity contribution in [2.24, 2.45) is 0 Å². The van der Waals surface area contributed by atoms with E-state index in [-0.39, 0.29) is 21.4 Å². The molecule has 20 heavy (non-hydrogen) atoms. The fourth-order valence-electron chi connectivity index (χ4n) is 1.62. The Morgan fingerprint density at radius 2 is 2.05 bits per heavy atom. The second-order valence-electron chi connectivity index (χ2n) is 4.04. The molecule has 1 heterocycles. The SMILES string of the molecule is Cc1ccc(C#N)cc1S(=O)(=O)Nc1cccc(Cl)n1. The first-order chi connectivity index (χ1) is 9.42. The molecule has 0 radical (unpaired) electrons. The summed E-state index contributed by atoms with van der Waals surface area (Å²) in [5.74, 6) is 0.124. The average molecular weight is 308 g/mol. The van der Waals surface area contributed by atoms with Crippen LogP contribution in [-0.2, 0) is 10.0 Å². The van der Waals surface area contributed by atoms with Crippen molar-refractivity contribution in [3.8, 4) is 6.07 Å². The Hall–Kier alpha value is -2.10. The van der Waals surface area contributed by atoms with Crippen molar-refractivity contribution >= 4 is 27.4 Å². The van der Waals surface area contributed by atoms with E-state index in [0.717, 1.165) is 0 Å². The predicted molar refractivity (Wildman–Crippen MR) is 75.9 cm³/mol. The molecular weight excluding hydrogens is 298 g/mol. The van der Waals surface area contributed by atoms with Crippen LogP contribution in [0.2, 0.25) is 5.15 Å². The lowest BCUT2D eigenvalue weighted by atomic mass is 10.2. The highest BCUT2D eigenvalue weighted by atomic mass is 35.5. The molecule has 0 aliphatic heterocycles. The van der Waals surface area contributed by atoms with Gasteiger partial charge in [-0.15, -0.1) is 0 Å². The van der Waals surface area contributed by atoms with Crippen LogP contribution in [0.25, 0.3) is 0 Å². The Balaban J connectivity index is 2.43. The van der Waals surface area contributed by atoms with Crippen LogP contribution in [0.3, 0.4) is 0 Å². The highest BCUT2D eigenvalue weighted by Crippen LogP contribution is 2.20. The molecule has 0 amide bonds. The Morgan fingerprint density at radius 1 is 1.30 bits per heavy atom. The fraction of sp³-hybridized carbons (Fsp3) is 0.0769. The van der Waals surface area contributed by atoms with Crippen molar-refractivity contribution in [3.05, 3.63) is 52.7 Å². The van der Waals surface area contributed by atoms with Gasteiger partial charge >= 0.3 is 0 Å². The van der Waals surface area contributed by atoms with Crippen LogP contribution in [0.4, 0.5) is 5.82 Å². The highest BCUT2D eigenvalue weighted by Gasteiger charge is 2.18. The zero-order valence-electron chi connectivity index (χ0n) is 10.5. The van der Waals surface area contributed by atoms with E-state index in [0.29, 0.717) is 5.56 Å². The van der Waals surface area contributed by atoms with E-state index in [1.807, 2.05) is 6.07 Å². The Kier molecular flexibility index (Phi) is 3.93. The molecule has 1 aromatic heterocycles. The van der Waals surface area contributed by atoms with Crippen molar-refractivity contribution < 1.29 is 8.42 Å². The van der Waals surface area contributed by atoms with Gasteiger partial charge in [0, 0.05) is 0 Å². The van der Waals surface area contributed by atoms with Gasteiger partial charge in [0.1, 0.15) is 11.0 Å². The van der Waals surface area contributed by atoms with Crippen molar-refractivity contribution in [2.75, 3.05) is 4.72 Å². The molecule has 1 N–H and O–H groups in total. The lowest BCUT2D eigenvalue weighted by Gasteiger charge is -2.10. The molecule has 0 saturated heterocycles. The van der Waals surface area contributed by atoms with Gasteiger partial charge in [0.25, 0.3) is 10.0 Å². The summed E-state index contributed by atoms with van der Waals surface area (Å²) >= 11 is 5.71. The second-order valence-corrected chi connectivity index (χ2v) is 6.08. The number of rotatable bonds is 3. The molecule has 0 aliphatic carbocycles. The van der Waals surface area contributed by atoms with Crippen molar-refractivity contribution in [3.63, 3.8) is 0 Å².